The number of amides is 2. The van der Waals surface area contributed by atoms with Gasteiger partial charge in [0.05, 0.1) is 11.9 Å². The molecule has 7 nitrogen and oxygen atoms in total. The van der Waals surface area contributed by atoms with E-state index in [4.69, 9.17) is 0 Å². The van der Waals surface area contributed by atoms with Gasteiger partial charge in [-0.15, -0.1) is 0 Å². The van der Waals surface area contributed by atoms with Gasteiger partial charge < -0.3 is 10.2 Å². The number of carbonyl (C=O) groups is 2. The number of anilines is 1. The molecular weight excluding hydrogens is 462 g/mol. The van der Waals surface area contributed by atoms with Gasteiger partial charge in [-0.2, -0.15) is 0 Å². The molecule has 0 aliphatic rings. The van der Waals surface area contributed by atoms with Gasteiger partial charge in [-0.25, -0.2) is 8.42 Å². The lowest BCUT2D eigenvalue weighted by Crippen LogP contribution is -2.54. The monoisotopic (exact) mass is 501 g/mol. The molecule has 2 amide bonds. The summed E-state index contributed by atoms with van der Waals surface area (Å²) in [4.78, 5) is 28.4. The van der Waals surface area contributed by atoms with Crippen LogP contribution in [0.3, 0.4) is 0 Å². The number of nitrogens with zero attached hydrogens (tertiary/aromatic N) is 2. The second kappa shape index (κ2) is 13.3. The van der Waals surface area contributed by atoms with Gasteiger partial charge in [-0.05, 0) is 49.8 Å². The fourth-order valence-corrected chi connectivity index (χ4v) is 4.87. The van der Waals surface area contributed by atoms with Crippen molar-refractivity contribution in [3.05, 3.63) is 65.7 Å². The van der Waals surface area contributed by atoms with Crippen molar-refractivity contribution in [3.8, 4) is 0 Å². The molecule has 0 aliphatic carbocycles. The predicted octanol–water partition coefficient (Wildman–Crippen LogP) is 3.78. The van der Waals surface area contributed by atoms with Gasteiger partial charge in [-0.1, -0.05) is 69.3 Å². The second-order valence-corrected chi connectivity index (χ2v) is 10.7. The average molecular weight is 502 g/mol. The number of aryl methyl sites for hydroxylation is 1. The molecule has 2 unspecified atom stereocenters. The minimum atomic E-state index is -3.74. The van der Waals surface area contributed by atoms with Crippen LogP contribution >= 0.6 is 0 Å². The van der Waals surface area contributed by atoms with Crippen molar-refractivity contribution in [2.75, 3.05) is 23.7 Å². The Bertz CT molecular complexity index is 1070. The van der Waals surface area contributed by atoms with Crippen molar-refractivity contribution >= 4 is 27.5 Å². The summed E-state index contributed by atoms with van der Waals surface area (Å²) in [7, 11) is -3.74. The highest BCUT2D eigenvalue weighted by atomic mass is 32.2. The van der Waals surface area contributed by atoms with Crippen molar-refractivity contribution in [3.63, 3.8) is 0 Å². The first-order chi connectivity index (χ1) is 16.6. The zero-order chi connectivity index (χ0) is 26.0. The summed E-state index contributed by atoms with van der Waals surface area (Å²) in [5.74, 6) is -0.619. The molecule has 0 bridgehead atoms. The largest absolute Gasteiger partial charge is 0.352 e. The fraction of sp³-hybridized carbons (Fsp3) is 0.481. The molecule has 2 aromatic carbocycles. The summed E-state index contributed by atoms with van der Waals surface area (Å²) in [5.41, 5.74) is 2.37. The summed E-state index contributed by atoms with van der Waals surface area (Å²) in [6.07, 6.45) is 3.49. The summed E-state index contributed by atoms with van der Waals surface area (Å²) >= 11 is 0. The van der Waals surface area contributed by atoms with Gasteiger partial charge in [-0.3, -0.25) is 13.9 Å². The lowest BCUT2D eigenvalue weighted by atomic mass is 10.1. The Morgan fingerprint density at radius 3 is 2.14 bits per heavy atom. The molecule has 0 heterocycles. The highest BCUT2D eigenvalue weighted by Crippen LogP contribution is 2.24. The molecule has 0 saturated heterocycles. The maximum atomic E-state index is 13.7. The molecule has 0 radical (unpaired) electrons. The molecule has 192 valence electrons. The van der Waals surface area contributed by atoms with Crippen LogP contribution in [0.15, 0.2) is 54.6 Å². The molecule has 2 atom stereocenters. The Morgan fingerprint density at radius 1 is 0.943 bits per heavy atom. The molecule has 2 rings (SSSR count). The SMILES string of the molecule is CCc1ccccc1N(CC(=O)N(CCc1ccccc1)C(CC)C(=O)NC(C)CC)S(C)(=O)=O. The lowest BCUT2D eigenvalue weighted by Gasteiger charge is -2.33. The summed E-state index contributed by atoms with van der Waals surface area (Å²) in [6, 6.07) is 16.2. The van der Waals surface area contributed by atoms with Crippen LogP contribution < -0.4 is 9.62 Å². The zero-order valence-corrected chi connectivity index (χ0v) is 22.3. The van der Waals surface area contributed by atoms with Crippen molar-refractivity contribution in [2.24, 2.45) is 0 Å². The summed E-state index contributed by atoms with van der Waals surface area (Å²) < 4.78 is 26.7. The fourth-order valence-electron chi connectivity index (χ4n) is 3.98. The van der Waals surface area contributed by atoms with Crippen LogP contribution in [0.5, 0.6) is 0 Å². The van der Waals surface area contributed by atoms with Crippen LogP contribution in [-0.4, -0.2) is 56.6 Å². The summed E-state index contributed by atoms with van der Waals surface area (Å²) in [6.45, 7) is 7.66. The number of benzene rings is 2. The van der Waals surface area contributed by atoms with Crippen LogP contribution in [0.4, 0.5) is 5.69 Å². The van der Waals surface area contributed by atoms with E-state index in [1.165, 1.54) is 4.90 Å². The number of nitrogens with one attached hydrogen (secondary N) is 1. The highest BCUT2D eigenvalue weighted by Gasteiger charge is 2.32. The number of hydrogen-bond donors (Lipinski definition) is 1. The minimum Gasteiger partial charge on any atom is -0.352 e. The Kier molecular flexibility index (Phi) is 10.8. The van der Waals surface area contributed by atoms with Crippen molar-refractivity contribution in [2.45, 2.75) is 65.5 Å². The van der Waals surface area contributed by atoms with E-state index >= 15 is 0 Å². The van der Waals surface area contributed by atoms with E-state index in [0.29, 0.717) is 31.5 Å². The van der Waals surface area contributed by atoms with Crippen LogP contribution in [0.25, 0.3) is 0 Å². The molecule has 0 fully saturated rings. The number of para-hydroxylation sites is 1. The normalized spacial score (nSPS) is 13.1. The quantitative estimate of drug-likeness (QED) is 0.453. The molecule has 35 heavy (non-hydrogen) atoms. The van der Waals surface area contributed by atoms with Crippen molar-refractivity contribution < 1.29 is 18.0 Å². The molecule has 0 aromatic heterocycles. The number of carbonyl (C=O) groups excluding carboxylic acids is 2. The number of hydrogen-bond acceptors (Lipinski definition) is 4. The minimum absolute atomic E-state index is 0.0217. The van der Waals surface area contributed by atoms with E-state index in [-0.39, 0.29) is 18.5 Å². The molecular formula is C27H39N3O4S. The standard InChI is InChI=1S/C27H39N3O4S/c1-6-21(4)28-27(32)24(8-3)29(19-18-22-14-10-9-11-15-22)26(31)20-30(35(5,33)34)25-17-13-12-16-23(25)7-2/h9-17,21,24H,6-8,18-20H2,1-5H3,(H,28,32). The Balaban J connectivity index is 2.40. The van der Waals surface area contributed by atoms with E-state index in [1.54, 1.807) is 12.1 Å². The maximum Gasteiger partial charge on any atom is 0.244 e. The van der Waals surface area contributed by atoms with Crippen LogP contribution in [0.2, 0.25) is 0 Å². The van der Waals surface area contributed by atoms with E-state index in [0.717, 1.165) is 28.1 Å². The molecule has 1 N–H and O–H groups in total. The smallest absolute Gasteiger partial charge is 0.244 e. The lowest BCUT2D eigenvalue weighted by molar-refractivity contribution is -0.139. The molecule has 0 saturated carbocycles. The molecule has 0 spiro atoms. The molecule has 8 heteroatoms. The van der Waals surface area contributed by atoms with Crippen molar-refractivity contribution in [1.82, 2.24) is 10.2 Å². The Morgan fingerprint density at radius 2 is 1.57 bits per heavy atom. The average Bonchev–Trinajstić information content (AvgIpc) is 2.84. The first-order valence-corrected chi connectivity index (χ1v) is 14.2. The third-order valence-electron chi connectivity index (χ3n) is 6.19. The van der Waals surface area contributed by atoms with Crippen LogP contribution in [0, 0.1) is 0 Å². The number of sulfonamides is 1. The zero-order valence-electron chi connectivity index (χ0n) is 21.5. The highest BCUT2D eigenvalue weighted by molar-refractivity contribution is 7.92. The van der Waals surface area contributed by atoms with Crippen LogP contribution in [0.1, 0.15) is 51.7 Å². The van der Waals surface area contributed by atoms with Crippen LogP contribution in [-0.2, 0) is 32.5 Å². The van der Waals surface area contributed by atoms with Gasteiger partial charge >= 0.3 is 0 Å². The predicted molar refractivity (Wildman–Crippen MR) is 142 cm³/mol. The van der Waals surface area contributed by atoms with Gasteiger partial charge in [0.1, 0.15) is 12.6 Å². The first kappa shape index (κ1) is 28.4. The van der Waals surface area contributed by atoms with Gasteiger partial charge in [0.2, 0.25) is 21.8 Å². The van der Waals surface area contributed by atoms with E-state index in [9.17, 15) is 18.0 Å². The Labute approximate surface area is 210 Å². The third kappa shape index (κ3) is 8.09. The first-order valence-electron chi connectivity index (χ1n) is 12.3. The maximum absolute atomic E-state index is 13.7. The number of rotatable bonds is 13. The van der Waals surface area contributed by atoms with Crippen molar-refractivity contribution in [1.29, 1.82) is 0 Å². The van der Waals surface area contributed by atoms with E-state index in [2.05, 4.69) is 5.32 Å². The van der Waals surface area contributed by atoms with Gasteiger partial charge in [0.25, 0.3) is 0 Å². The molecule has 0 aliphatic heterocycles. The van der Waals surface area contributed by atoms with E-state index in [1.807, 2.05) is 70.2 Å². The third-order valence-corrected chi connectivity index (χ3v) is 7.32. The van der Waals surface area contributed by atoms with Gasteiger partial charge in [0, 0.05) is 12.6 Å². The summed E-state index contributed by atoms with van der Waals surface area (Å²) in [5, 5.41) is 2.98. The molecule has 2 aromatic rings. The topological polar surface area (TPSA) is 86.8 Å². The second-order valence-electron chi connectivity index (χ2n) is 8.82. The Hall–Kier alpha value is -2.87. The van der Waals surface area contributed by atoms with E-state index < -0.39 is 22.0 Å². The van der Waals surface area contributed by atoms with Gasteiger partial charge in [0.15, 0.2) is 0 Å².